The highest BCUT2D eigenvalue weighted by Crippen LogP contribution is 1.75. The Hall–Kier alpha value is -0.830. The molecule has 0 atom stereocenters. The summed E-state index contributed by atoms with van der Waals surface area (Å²) in [5.41, 5.74) is 0. The third-order valence-corrected chi connectivity index (χ3v) is 0.551. The predicted octanol–water partition coefficient (Wildman–Crippen LogP) is 0.146. The fourth-order valence-corrected chi connectivity index (χ4v) is 0.212. The van der Waals surface area contributed by atoms with Crippen molar-refractivity contribution in [3.63, 3.8) is 0 Å². The highest BCUT2D eigenvalue weighted by atomic mass is 16.5. The number of hydrogen-bond acceptors (Lipinski definition) is 2. The fraction of sp³-hybridized carbons (Fsp3) is 0.400. The fourth-order valence-electron chi connectivity index (χ4n) is 0.212. The van der Waals surface area contributed by atoms with E-state index in [0.717, 1.165) is 6.08 Å². The first-order chi connectivity index (χ1) is 3.81. The number of hydrogen-bond donors (Lipinski definition) is 0. The van der Waals surface area contributed by atoms with Gasteiger partial charge in [-0.3, -0.25) is 0 Å². The number of esters is 1. The van der Waals surface area contributed by atoms with Gasteiger partial charge in [0.15, 0.2) is 0 Å². The van der Waals surface area contributed by atoms with Crippen molar-refractivity contribution >= 4 is 5.97 Å². The number of carbonyl (C=O) groups excluding carboxylic acids is 1. The molecule has 1 radical (unpaired) electrons. The smallest absolute Gasteiger partial charge is 0.330 e. The van der Waals surface area contributed by atoms with Gasteiger partial charge in [-0.1, -0.05) is 0 Å². The summed E-state index contributed by atoms with van der Waals surface area (Å²) in [6.07, 6.45) is 2.30. The van der Waals surface area contributed by atoms with E-state index in [2.05, 4.69) is 4.74 Å². The summed E-state index contributed by atoms with van der Waals surface area (Å²) in [6, 6.07) is 0. The van der Waals surface area contributed by atoms with Gasteiger partial charge in [0.2, 0.25) is 0 Å². The van der Waals surface area contributed by atoms with Crippen LogP contribution in [0.15, 0.2) is 12.2 Å². The van der Waals surface area contributed by atoms with E-state index in [-0.39, 0.29) is 6.61 Å². The Morgan fingerprint density at radius 2 is 2.38 bits per heavy atom. The van der Waals surface area contributed by atoms with E-state index in [4.69, 9.17) is 0 Å². The first kappa shape index (κ1) is 7.17. The second-order valence-corrected chi connectivity index (χ2v) is 1.09. The first-order valence-electron chi connectivity index (χ1n) is 2.14. The van der Waals surface area contributed by atoms with Gasteiger partial charge >= 0.3 is 5.97 Å². The molecule has 0 aromatic carbocycles. The highest BCUT2D eigenvalue weighted by Gasteiger charge is 1.86. The van der Waals surface area contributed by atoms with Gasteiger partial charge in [-0.05, 0) is 6.08 Å². The number of carbonyl (C=O) groups is 1. The van der Waals surface area contributed by atoms with E-state index in [0.29, 0.717) is 0 Å². The average Bonchev–Trinajstić information content (AvgIpc) is 1.83. The third-order valence-electron chi connectivity index (χ3n) is 0.551. The summed E-state index contributed by atoms with van der Waals surface area (Å²) in [5.74, 6) is -0.485. The summed E-state index contributed by atoms with van der Waals surface area (Å²) in [5, 5.41) is 9.66. The van der Waals surface area contributed by atoms with Gasteiger partial charge < -0.3 is 4.74 Å². The zero-order valence-corrected chi connectivity index (χ0v) is 4.59. The maximum Gasteiger partial charge on any atom is 0.330 e. The molecule has 3 heteroatoms. The molecule has 0 unspecified atom stereocenters. The molecule has 8 heavy (non-hydrogen) atoms. The van der Waals surface area contributed by atoms with Gasteiger partial charge in [0, 0.05) is 6.08 Å². The van der Waals surface area contributed by atoms with Crippen LogP contribution in [0.25, 0.3) is 0 Å². The van der Waals surface area contributed by atoms with Gasteiger partial charge in [0.1, 0.15) is 6.61 Å². The van der Waals surface area contributed by atoms with Crippen molar-refractivity contribution in [1.29, 1.82) is 0 Å². The second kappa shape index (κ2) is 4.33. The largest absolute Gasteiger partial charge is 0.466 e. The van der Waals surface area contributed by atoms with E-state index in [1.807, 2.05) is 0 Å². The maximum absolute atomic E-state index is 10.1. The van der Waals surface area contributed by atoms with Gasteiger partial charge in [0.05, 0.1) is 7.11 Å². The Bertz CT molecular complexity index is 95.8. The van der Waals surface area contributed by atoms with Crippen molar-refractivity contribution < 1.29 is 14.6 Å². The SMILES string of the molecule is COC(=O)C=CC[O]. The molecule has 0 fully saturated rings. The molecule has 3 nitrogen and oxygen atoms in total. The predicted molar refractivity (Wildman–Crippen MR) is 26.7 cm³/mol. The lowest BCUT2D eigenvalue weighted by Crippen LogP contribution is -1.93. The molecule has 45 valence electrons. The topological polar surface area (TPSA) is 46.2 Å². The van der Waals surface area contributed by atoms with Gasteiger partial charge in [-0.25, -0.2) is 9.90 Å². The molecule has 0 bridgehead atoms. The van der Waals surface area contributed by atoms with Crippen LogP contribution in [-0.4, -0.2) is 19.7 Å². The minimum atomic E-state index is -0.485. The Kier molecular flexibility index (Phi) is 3.88. The first-order valence-corrected chi connectivity index (χ1v) is 2.14. The Balaban J connectivity index is 3.37. The molecule has 0 aliphatic heterocycles. The molecule has 0 amide bonds. The molecule has 0 aliphatic carbocycles. The van der Waals surface area contributed by atoms with E-state index < -0.39 is 5.97 Å². The monoisotopic (exact) mass is 115 g/mol. The van der Waals surface area contributed by atoms with Crippen LogP contribution in [0.5, 0.6) is 0 Å². The summed E-state index contributed by atoms with van der Waals surface area (Å²) in [7, 11) is 1.26. The minimum absolute atomic E-state index is 0.380. The Morgan fingerprint density at radius 1 is 1.75 bits per heavy atom. The zero-order chi connectivity index (χ0) is 6.41. The molecule has 0 spiro atoms. The van der Waals surface area contributed by atoms with Crippen molar-refractivity contribution in [2.75, 3.05) is 13.7 Å². The van der Waals surface area contributed by atoms with Crippen molar-refractivity contribution in [2.45, 2.75) is 0 Å². The highest BCUT2D eigenvalue weighted by molar-refractivity contribution is 5.81. The minimum Gasteiger partial charge on any atom is -0.466 e. The van der Waals surface area contributed by atoms with Gasteiger partial charge in [0.25, 0.3) is 0 Å². The zero-order valence-electron chi connectivity index (χ0n) is 4.59. The molecule has 0 saturated carbocycles. The standard InChI is InChI=1S/C5H7O3/c1-8-5(7)3-2-4-6/h2-3H,4H2,1H3. The lowest BCUT2D eigenvalue weighted by Gasteiger charge is -1.85. The quantitative estimate of drug-likeness (QED) is 0.379. The van der Waals surface area contributed by atoms with Crippen LogP contribution in [0.3, 0.4) is 0 Å². The Labute approximate surface area is 47.6 Å². The van der Waals surface area contributed by atoms with Crippen molar-refractivity contribution in [3.05, 3.63) is 12.2 Å². The molecule has 0 rings (SSSR count). The number of ether oxygens (including phenoxy) is 1. The van der Waals surface area contributed by atoms with Crippen LogP contribution in [0.4, 0.5) is 0 Å². The van der Waals surface area contributed by atoms with Crippen LogP contribution in [0.1, 0.15) is 0 Å². The van der Waals surface area contributed by atoms with Crippen molar-refractivity contribution in [2.24, 2.45) is 0 Å². The summed E-state index contributed by atoms with van der Waals surface area (Å²) >= 11 is 0. The molecule has 0 aliphatic rings. The van der Waals surface area contributed by atoms with E-state index >= 15 is 0 Å². The van der Waals surface area contributed by atoms with Crippen LogP contribution >= 0.6 is 0 Å². The normalized spacial score (nSPS) is 9.75. The van der Waals surface area contributed by atoms with Crippen LogP contribution in [-0.2, 0) is 14.6 Å². The van der Waals surface area contributed by atoms with Crippen molar-refractivity contribution in [3.8, 4) is 0 Å². The maximum atomic E-state index is 10.1. The molecular weight excluding hydrogens is 108 g/mol. The van der Waals surface area contributed by atoms with Gasteiger partial charge in [-0.2, -0.15) is 0 Å². The molecular formula is C5H7O3. The van der Waals surface area contributed by atoms with Crippen LogP contribution in [0.2, 0.25) is 0 Å². The lowest BCUT2D eigenvalue weighted by atomic mass is 10.5. The van der Waals surface area contributed by atoms with Crippen LogP contribution < -0.4 is 0 Å². The average molecular weight is 115 g/mol. The van der Waals surface area contributed by atoms with Crippen molar-refractivity contribution in [1.82, 2.24) is 0 Å². The molecule has 0 aromatic rings. The second-order valence-electron chi connectivity index (χ2n) is 1.09. The van der Waals surface area contributed by atoms with E-state index in [1.54, 1.807) is 0 Å². The molecule has 0 N–H and O–H groups in total. The van der Waals surface area contributed by atoms with Gasteiger partial charge in [-0.15, -0.1) is 0 Å². The molecule has 0 aromatic heterocycles. The molecule has 0 heterocycles. The number of rotatable bonds is 2. The van der Waals surface area contributed by atoms with Crippen LogP contribution in [0, 0.1) is 0 Å². The number of methoxy groups -OCH3 is 1. The lowest BCUT2D eigenvalue weighted by molar-refractivity contribution is -0.134. The summed E-state index contributed by atoms with van der Waals surface area (Å²) < 4.78 is 4.19. The summed E-state index contributed by atoms with van der Waals surface area (Å²) in [4.78, 5) is 10.1. The summed E-state index contributed by atoms with van der Waals surface area (Å²) in [6.45, 7) is -0.380. The molecule has 0 saturated heterocycles. The van der Waals surface area contributed by atoms with E-state index in [1.165, 1.54) is 13.2 Å². The third kappa shape index (κ3) is 3.36. The van der Waals surface area contributed by atoms with E-state index in [9.17, 15) is 9.90 Å². The Morgan fingerprint density at radius 3 is 2.75 bits per heavy atom.